The first-order valence-corrected chi connectivity index (χ1v) is 10.6. The highest BCUT2D eigenvalue weighted by molar-refractivity contribution is 7.89. The molecule has 0 atom stereocenters. The second kappa shape index (κ2) is 8.96. The van der Waals surface area contributed by atoms with Crippen molar-refractivity contribution in [3.05, 3.63) is 65.7 Å². The zero-order valence-electron chi connectivity index (χ0n) is 15.6. The number of alkyl halides is 3. The second-order valence-corrected chi connectivity index (χ2v) is 8.59. The Kier molecular flexibility index (Phi) is 6.59. The van der Waals surface area contributed by atoms with Crippen molar-refractivity contribution in [1.29, 1.82) is 0 Å². The molecule has 1 saturated heterocycles. The van der Waals surface area contributed by atoms with Gasteiger partial charge in [0.15, 0.2) is 0 Å². The van der Waals surface area contributed by atoms with E-state index in [4.69, 9.17) is 4.84 Å². The van der Waals surface area contributed by atoms with E-state index in [1.165, 1.54) is 10.4 Å². The molecule has 9 heteroatoms. The molecule has 0 saturated carbocycles. The van der Waals surface area contributed by atoms with Gasteiger partial charge in [-0.2, -0.15) is 17.5 Å². The maximum absolute atomic E-state index is 12.9. The summed E-state index contributed by atoms with van der Waals surface area (Å²) in [6.45, 7) is 0.721. The van der Waals surface area contributed by atoms with Gasteiger partial charge in [0, 0.05) is 32.4 Å². The molecule has 5 nitrogen and oxygen atoms in total. The summed E-state index contributed by atoms with van der Waals surface area (Å²) in [6, 6.07) is 13.6. The lowest BCUT2D eigenvalue weighted by molar-refractivity contribution is -0.137. The van der Waals surface area contributed by atoms with Crippen LogP contribution in [0.2, 0.25) is 0 Å². The van der Waals surface area contributed by atoms with Gasteiger partial charge < -0.3 is 4.84 Å². The van der Waals surface area contributed by atoms with Crippen LogP contribution >= 0.6 is 0 Å². The minimum Gasteiger partial charge on any atom is -0.396 e. The first-order chi connectivity index (χ1) is 13.8. The van der Waals surface area contributed by atoms with Crippen LogP contribution in [0.3, 0.4) is 0 Å². The zero-order valence-corrected chi connectivity index (χ0v) is 16.4. The second-order valence-electron chi connectivity index (χ2n) is 6.66. The van der Waals surface area contributed by atoms with Crippen molar-refractivity contribution in [3.63, 3.8) is 0 Å². The number of nitrogens with zero attached hydrogens (tertiary/aromatic N) is 2. The Labute approximate surface area is 167 Å². The van der Waals surface area contributed by atoms with Gasteiger partial charge in [-0.25, -0.2) is 8.42 Å². The molecule has 0 radical (unpaired) electrons. The predicted octanol–water partition coefficient (Wildman–Crippen LogP) is 4.11. The summed E-state index contributed by atoms with van der Waals surface area (Å²) in [5, 5.41) is 4.08. The molecule has 1 aliphatic heterocycles. The average molecular weight is 426 g/mol. The molecule has 1 aliphatic rings. The van der Waals surface area contributed by atoms with E-state index >= 15 is 0 Å². The minimum atomic E-state index is -4.59. The number of benzene rings is 2. The number of hydrogen-bond donors (Lipinski definition) is 0. The molecule has 29 heavy (non-hydrogen) atoms. The fourth-order valence-corrected chi connectivity index (χ4v) is 4.49. The third kappa shape index (κ3) is 5.57. The van der Waals surface area contributed by atoms with Gasteiger partial charge in [0.2, 0.25) is 10.0 Å². The summed E-state index contributed by atoms with van der Waals surface area (Å²) in [6.07, 6.45) is -3.12. The Bertz CT molecular complexity index is 950. The molecule has 0 bridgehead atoms. The molecule has 1 heterocycles. The smallest absolute Gasteiger partial charge is 0.396 e. The number of hydrogen-bond acceptors (Lipinski definition) is 4. The summed E-state index contributed by atoms with van der Waals surface area (Å²) in [4.78, 5) is 4.98. The largest absolute Gasteiger partial charge is 0.416 e. The van der Waals surface area contributed by atoms with E-state index in [1.54, 1.807) is 0 Å². The van der Waals surface area contributed by atoms with Crippen LogP contribution in [0.1, 0.15) is 24.0 Å². The molecule has 0 amide bonds. The zero-order chi connectivity index (χ0) is 20.9. The van der Waals surface area contributed by atoms with E-state index < -0.39 is 21.8 Å². The molecule has 0 N–H and O–H groups in total. The van der Waals surface area contributed by atoms with Gasteiger partial charge in [0.25, 0.3) is 0 Å². The Hall–Kier alpha value is -2.39. The molecule has 1 fully saturated rings. The van der Waals surface area contributed by atoms with Gasteiger partial charge in [-0.1, -0.05) is 41.6 Å². The van der Waals surface area contributed by atoms with Gasteiger partial charge in [0.1, 0.15) is 6.61 Å². The Morgan fingerprint density at radius 3 is 2.34 bits per heavy atom. The first-order valence-electron chi connectivity index (χ1n) is 9.16. The van der Waals surface area contributed by atoms with Gasteiger partial charge in [0.05, 0.1) is 16.2 Å². The molecule has 3 rings (SSSR count). The summed E-state index contributed by atoms with van der Waals surface area (Å²) >= 11 is 0. The summed E-state index contributed by atoms with van der Waals surface area (Å²) in [5.74, 6) is 0. The third-order valence-corrected chi connectivity index (χ3v) is 6.51. The summed E-state index contributed by atoms with van der Waals surface area (Å²) in [5.41, 5.74) is 0.896. The Morgan fingerprint density at radius 2 is 1.69 bits per heavy atom. The maximum Gasteiger partial charge on any atom is 0.416 e. The van der Waals surface area contributed by atoms with Gasteiger partial charge in [-0.3, -0.25) is 0 Å². The number of sulfonamides is 1. The number of oxime groups is 1. The van der Waals surface area contributed by atoms with E-state index in [9.17, 15) is 21.6 Å². The molecule has 2 aromatic carbocycles. The fourth-order valence-electron chi connectivity index (χ4n) is 3.00. The molecule has 2 aromatic rings. The summed E-state index contributed by atoms with van der Waals surface area (Å²) < 4.78 is 65.1. The van der Waals surface area contributed by atoms with E-state index in [-0.39, 0.29) is 18.0 Å². The standard InChI is InChI=1S/C20H21F3N2O3S/c21-20(22,23)17-7-4-8-19(15-17)29(26,27)25-12-9-18(10-13-25)24-28-14-11-16-5-2-1-3-6-16/h1-8,15H,9-14H2. The first kappa shape index (κ1) is 21.3. The highest BCUT2D eigenvalue weighted by Gasteiger charge is 2.33. The van der Waals surface area contributed by atoms with Crippen LogP contribution in [0.25, 0.3) is 0 Å². The molecule has 156 valence electrons. The van der Waals surface area contributed by atoms with Gasteiger partial charge in [-0.05, 0) is 23.8 Å². The quantitative estimate of drug-likeness (QED) is 0.516. The fraction of sp³-hybridized carbons (Fsp3) is 0.350. The highest BCUT2D eigenvalue weighted by atomic mass is 32.2. The van der Waals surface area contributed by atoms with E-state index in [0.717, 1.165) is 23.4 Å². The van der Waals surface area contributed by atoms with Crippen molar-refractivity contribution in [2.45, 2.75) is 30.3 Å². The normalized spacial score (nSPS) is 15.9. The van der Waals surface area contributed by atoms with Crippen LogP contribution in [0, 0.1) is 0 Å². The van der Waals surface area contributed by atoms with Crippen LogP contribution in [0.4, 0.5) is 13.2 Å². The molecule has 0 spiro atoms. The van der Waals surface area contributed by atoms with Gasteiger partial charge in [-0.15, -0.1) is 0 Å². The lowest BCUT2D eigenvalue weighted by Crippen LogP contribution is -2.38. The lowest BCUT2D eigenvalue weighted by atomic mass is 10.1. The predicted molar refractivity (Wildman–Crippen MR) is 103 cm³/mol. The van der Waals surface area contributed by atoms with Crippen LogP contribution in [0.15, 0.2) is 64.6 Å². The van der Waals surface area contributed by atoms with Crippen molar-refractivity contribution in [1.82, 2.24) is 4.31 Å². The summed E-state index contributed by atoms with van der Waals surface area (Å²) in [7, 11) is -3.99. The molecule has 0 unspecified atom stereocenters. The van der Waals surface area contributed by atoms with Crippen LogP contribution in [-0.2, 0) is 27.5 Å². The third-order valence-electron chi connectivity index (χ3n) is 4.62. The van der Waals surface area contributed by atoms with Crippen molar-refractivity contribution < 1.29 is 26.4 Å². The molecule has 0 aliphatic carbocycles. The molecule has 0 aromatic heterocycles. The number of piperidine rings is 1. The number of rotatable bonds is 6. The van der Waals surface area contributed by atoms with Crippen LogP contribution < -0.4 is 0 Å². The lowest BCUT2D eigenvalue weighted by Gasteiger charge is -2.26. The van der Waals surface area contributed by atoms with Crippen molar-refractivity contribution >= 4 is 15.7 Å². The van der Waals surface area contributed by atoms with Crippen molar-refractivity contribution in [2.24, 2.45) is 5.16 Å². The Morgan fingerprint density at radius 1 is 1.00 bits per heavy atom. The topological polar surface area (TPSA) is 59.0 Å². The highest BCUT2D eigenvalue weighted by Crippen LogP contribution is 2.31. The van der Waals surface area contributed by atoms with Crippen molar-refractivity contribution in [2.75, 3.05) is 19.7 Å². The monoisotopic (exact) mass is 426 g/mol. The van der Waals surface area contributed by atoms with E-state index in [1.807, 2.05) is 30.3 Å². The number of halogens is 3. The van der Waals surface area contributed by atoms with Crippen molar-refractivity contribution in [3.8, 4) is 0 Å². The van der Waals surface area contributed by atoms with E-state index in [2.05, 4.69) is 5.16 Å². The average Bonchev–Trinajstić information content (AvgIpc) is 2.72. The van der Waals surface area contributed by atoms with E-state index in [0.29, 0.717) is 31.9 Å². The van der Waals surface area contributed by atoms with Crippen LogP contribution in [-0.4, -0.2) is 38.1 Å². The Balaban J connectivity index is 1.55. The van der Waals surface area contributed by atoms with Crippen LogP contribution in [0.5, 0.6) is 0 Å². The van der Waals surface area contributed by atoms with Gasteiger partial charge >= 0.3 is 6.18 Å². The minimum absolute atomic E-state index is 0.152. The molecular formula is C20H21F3N2O3S. The maximum atomic E-state index is 12.9. The molecular weight excluding hydrogens is 405 g/mol. The SMILES string of the molecule is O=S(=O)(c1cccc(C(F)(F)F)c1)N1CCC(=NOCCc2ccccc2)CC1.